The smallest absolute Gasteiger partial charge is 0.0602 e. The fourth-order valence-corrected chi connectivity index (χ4v) is 5.70. The molecule has 2 aliphatic rings. The summed E-state index contributed by atoms with van der Waals surface area (Å²) < 4.78 is 25.6. The SMILES string of the molecule is O=S([O-])N(CC1CCCCC1)C1CN(C(c2ccc(Cl)cc2)c2ccc(Cl)cc2)C1. The molecule has 0 bridgehead atoms. The van der Waals surface area contributed by atoms with Gasteiger partial charge in [0.05, 0.1) is 6.04 Å². The molecule has 1 saturated carbocycles. The summed E-state index contributed by atoms with van der Waals surface area (Å²) in [6.07, 6.45) is 5.99. The number of halogens is 2. The van der Waals surface area contributed by atoms with Crippen molar-refractivity contribution in [2.45, 2.75) is 44.2 Å². The van der Waals surface area contributed by atoms with Gasteiger partial charge < -0.3 is 4.55 Å². The Morgan fingerprint density at radius 3 is 1.90 bits per heavy atom. The second-order valence-electron chi connectivity index (χ2n) is 8.43. The number of benzene rings is 2. The van der Waals surface area contributed by atoms with Gasteiger partial charge in [0.15, 0.2) is 0 Å². The molecule has 0 spiro atoms. The Balaban J connectivity index is 1.49. The summed E-state index contributed by atoms with van der Waals surface area (Å²) in [6, 6.07) is 15.9. The first-order chi connectivity index (χ1) is 14.5. The van der Waals surface area contributed by atoms with Crippen LogP contribution in [0, 0.1) is 5.92 Å². The van der Waals surface area contributed by atoms with Crippen molar-refractivity contribution in [1.29, 1.82) is 0 Å². The Hall–Kier alpha value is -0.950. The molecule has 2 aromatic rings. The number of nitrogens with zero attached hydrogens (tertiary/aromatic N) is 2. The molecular weight excluding hydrogens is 439 g/mol. The summed E-state index contributed by atoms with van der Waals surface area (Å²) in [4.78, 5) is 2.33. The highest BCUT2D eigenvalue weighted by Gasteiger charge is 2.38. The summed E-state index contributed by atoms with van der Waals surface area (Å²) in [5.74, 6) is 0.494. The van der Waals surface area contributed by atoms with E-state index in [1.165, 1.54) is 19.3 Å². The number of likely N-dealkylation sites (tertiary alicyclic amines) is 1. The van der Waals surface area contributed by atoms with E-state index in [0.717, 1.165) is 37.1 Å². The minimum Gasteiger partial charge on any atom is -0.760 e. The predicted octanol–water partition coefficient (Wildman–Crippen LogP) is 5.44. The van der Waals surface area contributed by atoms with Crippen LogP contribution < -0.4 is 0 Å². The van der Waals surface area contributed by atoms with Gasteiger partial charge in [-0.3, -0.25) is 9.11 Å². The van der Waals surface area contributed by atoms with E-state index in [1.807, 2.05) is 48.5 Å². The molecule has 2 aromatic carbocycles. The zero-order valence-electron chi connectivity index (χ0n) is 16.9. The molecule has 7 heteroatoms. The molecule has 30 heavy (non-hydrogen) atoms. The predicted molar refractivity (Wildman–Crippen MR) is 122 cm³/mol. The van der Waals surface area contributed by atoms with Gasteiger partial charge in [-0.1, -0.05) is 66.7 Å². The molecular formula is C23H27Cl2N2O2S-. The maximum absolute atomic E-state index is 12.0. The number of hydrogen-bond acceptors (Lipinski definition) is 3. The molecule has 1 heterocycles. The molecule has 1 unspecified atom stereocenters. The Labute approximate surface area is 191 Å². The van der Waals surface area contributed by atoms with Crippen LogP contribution >= 0.6 is 23.2 Å². The van der Waals surface area contributed by atoms with E-state index >= 15 is 0 Å². The Bertz CT molecular complexity index is 805. The van der Waals surface area contributed by atoms with Gasteiger partial charge >= 0.3 is 0 Å². The van der Waals surface area contributed by atoms with Crippen molar-refractivity contribution >= 4 is 34.5 Å². The van der Waals surface area contributed by atoms with E-state index in [4.69, 9.17) is 23.2 Å². The van der Waals surface area contributed by atoms with Crippen molar-refractivity contribution < 1.29 is 8.76 Å². The van der Waals surface area contributed by atoms with E-state index in [9.17, 15) is 8.76 Å². The van der Waals surface area contributed by atoms with Crippen molar-refractivity contribution in [3.63, 3.8) is 0 Å². The van der Waals surface area contributed by atoms with E-state index in [2.05, 4.69) is 4.90 Å². The Morgan fingerprint density at radius 2 is 1.43 bits per heavy atom. The first kappa shape index (κ1) is 22.3. The van der Waals surface area contributed by atoms with Crippen LogP contribution in [0.15, 0.2) is 48.5 Å². The average Bonchev–Trinajstić information content (AvgIpc) is 2.71. The fourth-order valence-electron chi connectivity index (χ4n) is 4.74. The van der Waals surface area contributed by atoms with Gasteiger partial charge in [-0.15, -0.1) is 0 Å². The van der Waals surface area contributed by atoms with Gasteiger partial charge in [0.2, 0.25) is 0 Å². The van der Waals surface area contributed by atoms with E-state index < -0.39 is 11.3 Å². The third-order valence-electron chi connectivity index (χ3n) is 6.39. The Kier molecular flexibility index (Phi) is 7.50. The molecule has 0 amide bonds. The lowest BCUT2D eigenvalue weighted by atomic mass is 9.88. The highest BCUT2D eigenvalue weighted by molar-refractivity contribution is 7.76. The van der Waals surface area contributed by atoms with E-state index in [0.29, 0.717) is 22.5 Å². The lowest BCUT2D eigenvalue weighted by Gasteiger charge is -2.50. The Morgan fingerprint density at radius 1 is 0.933 bits per heavy atom. The summed E-state index contributed by atoms with van der Waals surface area (Å²) in [5, 5.41) is 1.41. The molecule has 1 atom stereocenters. The highest BCUT2D eigenvalue weighted by atomic mass is 35.5. The normalized spacial score (nSPS) is 19.9. The molecule has 2 fully saturated rings. The lowest BCUT2D eigenvalue weighted by Crippen LogP contribution is -2.61. The standard InChI is InChI=1S/C23H28Cl2N2O2S/c24-20-10-6-18(7-11-20)23(19-8-12-21(25)13-9-19)26-15-22(16-26)27(30(28)29)14-17-4-2-1-3-5-17/h6-13,17,22-23H,1-5,14-16H2,(H,28,29)/p-1. The largest absolute Gasteiger partial charge is 0.760 e. The topological polar surface area (TPSA) is 46.6 Å². The van der Waals surface area contributed by atoms with Crippen LogP contribution in [0.5, 0.6) is 0 Å². The minimum atomic E-state index is -2.19. The maximum atomic E-state index is 12.0. The van der Waals surface area contributed by atoms with E-state index in [-0.39, 0.29) is 12.1 Å². The zero-order valence-corrected chi connectivity index (χ0v) is 19.2. The van der Waals surface area contributed by atoms with Crippen LogP contribution in [0.4, 0.5) is 0 Å². The maximum Gasteiger partial charge on any atom is 0.0602 e. The number of rotatable bonds is 7. The van der Waals surface area contributed by atoms with Crippen molar-refractivity contribution in [2.75, 3.05) is 19.6 Å². The number of hydrogen-bond donors (Lipinski definition) is 0. The molecule has 0 N–H and O–H groups in total. The molecule has 162 valence electrons. The first-order valence-corrected chi connectivity index (χ1v) is 12.4. The van der Waals surface area contributed by atoms with Gasteiger partial charge in [-0.25, -0.2) is 4.31 Å². The fraction of sp³-hybridized carbons (Fsp3) is 0.478. The van der Waals surface area contributed by atoms with Crippen molar-refractivity contribution in [2.24, 2.45) is 5.92 Å². The molecule has 1 aliphatic carbocycles. The first-order valence-electron chi connectivity index (χ1n) is 10.6. The second-order valence-corrected chi connectivity index (χ2v) is 10.2. The average molecular weight is 466 g/mol. The van der Waals surface area contributed by atoms with Crippen molar-refractivity contribution in [3.05, 3.63) is 69.7 Å². The van der Waals surface area contributed by atoms with Crippen LogP contribution in [0.2, 0.25) is 10.0 Å². The molecule has 1 saturated heterocycles. The van der Waals surface area contributed by atoms with Crippen LogP contribution in [0.3, 0.4) is 0 Å². The minimum absolute atomic E-state index is 0.0346. The molecule has 0 aromatic heterocycles. The summed E-state index contributed by atoms with van der Waals surface area (Å²) >= 11 is 10.0. The third-order valence-corrected chi connectivity index (χ3v) is 7.72. The molecule has 4 nitrogen and oxygen atoms in total. The van der Waals surface area contributed by atoms with Gasteiger partial charge in [0, 0.05) is 47.0 Å². The summed E-state index contributed by atoms with van der Waals surface area (Å²) in [5.41, 5.74) is 2.28. The van der Waals surface area contributed by atoms with Crippen LogP contribution in [-0.4, -0.2) is 43.6 Å². The van der Waals surface area contributed by atoms with Gasteiger partial charge in [0.25, 0.3) is 0 Å². The monoisotopic (exact) mass is 465 g/mol. The van der Waals surface area contributed by atoms with E-state index in [1.54, 1.807) is 4.31 Å². The van der Waals surface area contributed by atoms with Crippen LogP contribution in [-0.2, 0) is 11.3 Å². The van der Waals surface area contributed by atoms with Gasteiger partial charge in [-0.05, 0) is 54.2 Å². The van der Waals surface area contributed by atoms with Crippen molar-refractivity contribution in [1.82, 2.24) is 9.21 Å². The lowest BCUT2D eigenvalue weighted by molar-refractivity contribution is 0.0443. The molecule has 1 aliphatic heterocycles. The molecule has 4 rings (SSSR count). The third kappa shape index (κ3) is 5.26. The quantitative estimate of drug-likeness (QED) is 0.511. The van der Waals surface area contributed by atoms with Crippen molar-refractivity contribution in [3.8, 4) is 0 Å². The summed E-state index contributed by atoms with van der Waals surface area (Å²) in [6.45, 7) is 2.09. The highest BCUT2D eigenvalue weighted by Crippen LogP contribution is 2.36. The van der Waals surface area contributed by atoms with Crippen LogP contribution in [0.1, 0.15) is 49.3 Å². The molecule has 0 radical (unpaired) electrons. The summed E-state index contributed by atoms with van der Waals surface area (Å²) in [7, 11) is 0. The zero-order chi connectivity index (χ0) is 21.1. The second kappa shape index (κ2) is 10.1. The van der Waals surface area contributed by atoms with Crippen LogP contribution in [0.25, 0.3) is 0 Å². The van der Waals surface area contributed by atoms with Gasteiger partial charge in [0.1, 0.15) is 0 Å². The van der Waals surface area contributed by atoms with Gasteiger partial charge in [-0.2, -0.15) is 0 Å².